The second-order valence-electron chi connectivity index (χ2n) is 6.49. The van der Waals surface area contributed by atoms with Crippen LogP contribution in [0.1, 0.15) is 15.9 Å². The van der Waals surface area contributed by atoms with Crippen molar-refractivity contribution in [3.63, 3.8) is 0 Å². The van der Waals surface area contributed by atoms with E-state index in [1.54, 1.807) is 19.2 Å². The first-order chi connectivity index (χ1) is 14.4. The van der Waals surface area contributed by atoms with Gasteiger partial charge in [-0.15, -0.1) is 5.10 Å². The standard InChI is InChI=1S/C20H14ClF2N5O2/c1-27(20(29)12-2-7-19-24-25-26-28(19)11-12)10-13-8-14(22)3-6-18(13)30-15-4-5-17(23)16(21)9-15/h2-9,11H,10H2,1H3. The lowest BCUT2D eigenvalue weighted by Gasteiger charge is -2.19. The lowest BCUT2D eigenvalue weighted by atomic mass is 10.1. The van der Waals surface area contributed by atoms with Crippen LogP contribution in [0.15, 0.2) is 54.7 Å². The average Bonchev–Trinajstić information content (AvgIpc) is 3.20. The summed E-state index contributed by atoms with van der Waals surface area (Å²) in [7, 11) is 1.58. The van der Waals surface area contributed by atoms with E-state index in [1.165, 1.54) is 52.0 Å². The molecule has 0 aliphatic rings. The lowest BCUT2D eigenvalue weighted by molar-refractivity contribution is 0.0783. The van der Waals surface area contributed by atoms with E-state index in [0.717, 1.165) is 0 Å². The minimum absolute atomic E-state index is 0.0640. The second kappa shape index (κ2) is 8.03. The Labute approximate surface area is 174 Å². The molecule has 0 aliphatic carbocycles. The largest absolute Gasteiger partial charge is 0.457 e. The van der Waals surface area contributed by atoms with Crippen molar-refractivity contribution < 1.29 is 18.3 Å². The van der Waals surface area contributed by atoms with Crippen LogP contribution in [0.5, 0.6) is 11.5 Å². The van der Waals surface area contributed by atoms with Crippen molar-refractivity contribution in [2.24, 2.45) is 0 Å². The number of fused-ring (bicyclic) bond motifs is 1. The quantitative estimate of drug-likeness (QED) is 0.477. The van der Waals surface area contributed by atoms with E-state index in [0.29, 0.717) is 22.5 Å². The highest BCUT2D eigenvalue weighted by atomic mass is 35.5. The summed E-state index contributed by atoms with van der Waals surface area (Å²) in [5, 5.41) is 11.0. The van der Waals surface area contributed by atoms with Crippen LogP contribution < -0.4 is 4.74 Å². The van der Waals surface area contributed by atoms with Gasteiger partial charge < -0.3 is 9.64 Å². The van der Waals surface area contributed by atoms with E-state index in [1.807, 2.05) is 0 Å². The van der Waals surface area contributed by atoms with Gasteiger partial charge in [-0.05, 0) is 52.9 Å². The number of tetrazole rings is 1. The van der Waals surface area contributed by atoms with Gasteiger partial charge in [0.05, 0.1) is 10.6 Å². The van der Waals surface area contributed by atoms with Gasteiger partial charge in [-0.2, -0.15) is 4.52 Å². The third-order valence-electron chi connectivity index (χ3n) is 4.33. The summed E-state index contributed by atoms with van der Waals surface area (Å²) < 4.78 is 34.4. The zero-order valence-corrected chi connectivity index (χ0v) is 16.3. The summed E-state index contributed by atoms with van der Waals surface area (Å²) in [5.41, 5.74) is 1.30. The van der Waals surface area contributed by atoms with Gasteiger partial charge in [0.25, 0.3) is 5.91 Å². The molecule has 4 rings (SSSR count). The van der Waals surface area contributed by atoms with Crippen LogP contribution in [0, 0.1) is 11.6 Å². The Morgan fingerprint density at radius 1 is 1.17 bits per heavy atom. The molecule has 0 saturated carbocycles. The van der Waals surface area contributed by atoms with Gasteiger partial charge >= 0.3 is 0 Å². The molecular weight excluding hydrogens is 416 g/mol. The minimum Gasteiger partial charge on any atom is -0.457 e. The first-order valence-electron chi connectivity index (χ1n) is 8.75. The number of pyridine rings is 1. The Morgan fingerprint density at radius 3 is 2.80 bits per heavy atom. The zero-order valence-electron chi connectivity index (χ0n) is 15.6. The maximum absolute atomic E-state index is 13.9. The number of aromatic nitrogens is 4. The molecule has 10 heteroatoms. The number of hydrogen-bond donors (Lipinski definition) is 0. The zero-order chi connectivity index (χ0) is 21.3. The summed E-state index contributed by atoms with van der Waals surface area (Å²) in [6, 6.07) is 11.1. The molecule has 0 bridgehead atoms. The molecule has 0 saturated heterocycles. The van der Waals surface area contributed by atoms with Gasteiger partial charge in [0.15, 0.2) is 5.65 Å². The molecule has 0 radical (unpaired) electrons. The third kappa shape index (κ3) is 4.06. The van der Waals surface area contributed by atoms with Crippen LogP contribution in [-0.4, -0.2) is 37.9 Å². The molecule has 4 aromatic rings. The highest BCUT2D eigenvalue weighted by molar-refractivity contribution is 6.30. The summed E-state index contributed by atoms with van der Waals surface area (Å²) in [5.74, 6) is -0.770. The van der Waals surface area contributed by atoms with Gasteiger partial charge in [-0.25, -0.2) is 8.78 Å². The van der Waals surface area contributed by atoms with Crippen molar-refractivity contribution >= 4 is 23.2 Å². The van der Waals surface area contributed by atoms with Crippen LogP contribution in [0.2, 0.25) is 5.02 Å². The highest BCUT2D eigenvalue weighted by Crippen LogP contribution is 2.30. The van der Waals surface area contributed by atoms with E-state index < -0.39 is 11.6 Å². The van der Waals surface area contributed by atoms with Crippen LogP contribution in [0.4, 0.5) is 8.78 Å². The minimum atomic E-state index is -0.576. The molecule has 1 amide bonds. The molecule has 0 spiro atoms. The van der Waals surface area contributed by atoms with Crippen LogP contribution >= 0.6 is 11.6 Å². The Morgan fingerprint density at radius 2 is 2.00 bits per heavy atom. The average molecular weight is 430 g/mol. The van der Waals surface area contributed by atoms with Crippen LogP contribution in [0.3, 0.4) is 0 Å². The Hall–Kier alpha value is -3.59. The van der Waals surface area contributed by atoms with Crippen molar-refractivity contribution in [1.29, 1.82) is 0 Å². The van der Waals surface area contributed by atoms with E-state index in [-0.39, 0.29) is 23.2 Å². The number of rotatable bonds is 5. The topological polar surface area (TPSA) is 72.6 Å². The SMILES string of the molecule is CN(Cc1cc(F)ccc1Oc1ccc(F)c(Cl)c1)C(=O)c1ccc2nnnn2c1. The summed E-state index contributed by atoms with van der Waals surface area (Å²) in [4.78, 5) is 14.2. The lowest BCUT2D eigenvalue weighted by Crippen LogP contribution is -2.26. The second-order valence-corrected chi connectivity index (χ2v) is 6.90. The molecule has 152 valence electrons. The molecule has 0 fully saturated rings. The van der Waals surface area contributed by atoms with Crippen molar-refractivity contribution in [3.8, 4) is 11.5 Å². The molecular formula is C20H14ClF2N5O2. The number of nitrogens with zero attached hydrogens (tertiary/aromatic N) is 5. The maximum Gasteiger partial charge on any atom is 0.255 e. The van der Waals surface area contributed by atoms with Gasteiger partial charge in [0.1, 0.15) is 23.1 Å². The number of ether oxygens (including phenoxy) is 1. The predicted octanol–water partition coefficient (Wildman–Crippen LogP) is 4.12. The molecule has 2 heterocycles. The number of amides is 1. The van der Waals surface area contributed by atoms with Crippen molar-refractivity contribution in [2.45, 2.75) is 6.54 Å². The number of benzene rings is 2. The highest BCUT2D eigenvalue weighted by Gasteiger charge is 2.17. The molecule has 0 N–H and O–H groups in total. The fraction of sp³-hybridized carbons (Fsp3) is 0.100. The summed E-state index contributed by atoms with van der Waals surface area (Å²) in [6.45, 7) is 0.0640. The van der Waals surface area contributed by atoms with Crippen molar-refractivity contribution in [2.75, 3.05) is 7.05 Å². The third-order valence-corrected chi connectivity index (χ3v) is 4.62. The molecule has 30 heavy (non-hydrogen) atoms. The Balaban J connectivity index is 1.57. The molecule has 0 atom stereocenters. The normalized spacial score (nSPS) is 10.9. The molecule has 7 nitrogen and oxygen atoms in total. The van der Waals surface area contributed by atoms with Gasteiger partial charge in [-0.3, -0.25) is 4.79 Å². The Kier molecular flexibility index (Phi) is 5.28. The smallest absolute Gasteiger partial charge is 0.255 e. The number of carbonyl (C=O) groups is 1. The van der Waals surface area contributed by atoms with Gasteiger partial charge in [-0.1, -0.05) is 11.6 Å². The maximum atomic E-state index is 13.9. The van der Waals surface area contributed by atoms with E-state index in [9.17, 15) is 13.6 Å². The molecule has 2 aromatic carbocycles. The van der Waals surface area contributed by atoms with Gasteiger partial charge in [0.2, 0.25) is 0 Å². The number of hydrogen-bond acceptors (Lipinski definition) is 5. The van der Waals surface area contributed by atoms with E-state index >= 15 is 0 Å². The Bertz CT molecular complexity index is 1250. The summed E-state index contributed by atoms with van der Waals surface area (Å²) >= 11 is 5.79. The van der Waals surface area contributed by atoms with Crippen LogP contribution in [0.25, 0.3) is 5.65 Å². The first-order valence-corrected chi connectivity index (χ1v) is 9.13. The monoisotopic (exact) mass is 429 g/mol. The fourth-order valence-electron chi connectivity index (χ4n) is 2.85. The van der Waals surface area contributed by atoms with E-state index in [2.05, 4.69) is 15.5 Å². The van der Waals surface area contributed by atoms with Crippen molar-refractivity contribution in [3.05, 3.63) is 82.5 Å². The molecule has 2 aromatic heterocycles. The summed E-state index contributed by atoms with van der Waals surface area (Å²) in [6.07, 6.45) is 1.51. The fourth-order valence-corrected chi connectivity index (χ4v) is 3.02. The first kappa shape index (κ1) is 19.7. The molecule has 0 aliphatic heterocycles. The van der Waals surface area contributed by atoms with E-state index in [4.69, 9.17) is 16.3 Å². The van der Waals surface area contributed by atoms with Crippen molar-refractivity contribution in [1.82, 2.24) is 24.9 Å². The molecule has 0 unspecified atom stereocenters. The number of halogens is 3. The number of carbonyl (C=O) groups excluding carboxylic acids is 1. The van der Waals surface area contributed by atoms with Crippen LogP contribution in [-0.2, 0) is 6.54 Å². The van der Waals surface area contributed by atoms with Gasteiger partial charge in [0, 0.05) is 31.4 Å². The predicted molar refractivity (Wildman–Crippen MR) is 104 cm³/mol.